The second-order valence-corrected chi connectivity index (χ2v) is 7.13. The first-order valence-corrected chi connectivity index (χ1v) is 10.4. The van der Waals surface area contributed by atoms with E-state index >= 15 is 0 Å². The number of thioether (sulfide) groups is 1. The van der Waals surface area contributed by atoms with Crippen LogP contribution >= 0.6 is 11.8 Å². The highest BCUT2D eigenvalue weighted by atomic mass is 32.2. The molecule has 150 valence electrons. The standard InChI is InChI=1S/C19H29N3O4S/c1-3-4-10-16(18(24)21-15(17(20)23)11-12-27-2)22-19(25)26-13-14-8-6-5-7-9-14/h5-9,15-16H,3-4,10-13H2,1-2H3,(H2,20,23)(H,21,24)(H,22,25)/t15-,16+/m0/s1. The molecule has 0 radical (unpaired) electrons. The van der Waals surface area contributed by atoms with Gasteiger partial charge < -0.3 is 21.1 Å². The average Bonchev–Trinajstić information content (AvgIpc) is 2.67. The molecule has 0 saturated heterocycles. The van der Waals surface area contributed by atoms with Crippen molar-refractivity contribution in [2.75, 3.05) is 12.0 Å². The fourth-order valence-electron chi connectivity index (χ4n) is 2.38. The third kappa shape index (κ3) is 9.33. The van der Waals surface area contributed by atoms with E-state index in [1.54, 1.807) is 11.8 Å². The van der Waals surface area contributed by atoms with Gasteiger partial charge in [-0.3, -0.25) is 9.59 Å². The average molecular weight is 396 g/mol. The molecule has 0 unspecified atom stereocenters. The second kappa shape index (κ2) is 13.0. The number of carbonyl (C=O) groups excluding carboxylic acids is 3. The number of primary amides is 1. The summed E-state index contributed by atoms with van der Waals surface area (Å²) in [4.78, 5) is 36.2. The summed E-state index contributed by atoms with van der Waals surface area (Å²) >= 11 is 1.56. The normalized spacial score (nSPS) is 12.7. The van der Waals surface area contributed by atoms with Crippen LogP contribution < -0.4 is 16.4 Å². The summed E-state index contributed by atoms with van der Waals surface area (Å²) in [6, 6.07) is 7.75. The summed E-state index contributed by atoms with van der Waals surface area (Å²) in [5.74, 6) is -0.316. The summed E-state index contributed by atoms with van der Waals surface area (Å²) in [6.45, 7) is 2.11. The van der Waals surface area contributed by atoms with Crippen LogP contribution in [0.15, 0.2) is 30.3 Å². The number of alkyl carbamates (subject to hydrolysis) is 1. The van der Waals surface area contributed by atoms with Gasteiger partial charge in [-0.05, 0) is 30.4 Å². The van der Waals surface area contributed by atoms with Crippen LogP contribution in [0.2, 0.25) is 0 Å². The number of amides is 3. The minimum Gasteiger partial charge on any atom is -0.445 e. The first-order chi connectivity index (χ1) is 13.0. The Bertz CT molecular complexity index is 598. The summed E-state index contributed by atoms with van der Waals surface area (Å²) in [7, 11) is 0. The molecule has 3 amide bonds. The van der Waals surface area contributed by atoms with E-state index in [9.17, 15) is 14.4 Å². The summed E-state index contributed by atoms with van der Waals surface area (Å²) in [5.41, 5.74) is 6.22. The van der Waals surface area contributed by atoms with Gasteiger partial charge in [-0.1, -0.05) is 50.1 Å². The minimum absolute atomic E-state index is 0.117. The first kappa shape index (κ1) is 22.8. The van der Waals surface area contributed by atoms with E-state index in [4.69, 9.17) is 10.5 Å². The topological polar surface area (TPSA) is 111 Å². The molecule has 8 heteroatoms. The molecule has 7 nitrogen and oxygen atoms in total. The third-order valence-electron chi connectivity index (χ3n) is 3.94. The fourth-order valence-corrected chi connectivity index (χ4v) is 2.85. The van der Waals surface area contributed by atoms with Gasteiger partial charge in [-0.2, -0.15) is 11.8 Å². The van der Waals surface area contributed by atoms with Crippen LogP contribution in [0.5, 0.6) is 0 Å². The maximum absolute atomic E-state index is 12.5. The van der Waals surface area contributed by atoms with Crippen molar-refractivity contribution in [1.82, 2.24) is 10.6 Å². The van der Waals surface area contributed by atoms with Gasteiger partial charge in [0.25, 0.3) is 0 Å². The summed E-state index contributed by atoms with van der Waals surface area (Å²) in [6.07, 6.45) is 3.76. The van der Waals surface area contributed by atoms with Gasteiger partial charge in [0.2, 0.25) is 11.8 Å². The number of benzene rings is 1. The predicted molar refractivity (Wildman–Crippen MR) is 107 cm³/mol. The Morgan fingerprint density at radius 1 is 1.11 bits per heavy atom. The van der Waals surface area contributed by atoms with E-state index in [1.807, 2.05) is 43.5 Å². The number of rotatable bonds is 12. The zero-order valence-electron chi connectivity index (χ0n) is 15.9. The number of unbranched alkanes of at least 4 members (excludes halogenated alkanes) is 1. The van der Waals surface area contributed by atoms with E-state index in [0.717, 1.165) is 18.4 Å². The highest BCUT2D eigenvalue weighted by Crippen LogP contribution is 2.06. The van der Waals surface area contributed by atoms with E-state index < -0.39 is 30.0 Å². The van der Waals surface area contributed by atoms with Crippen molar-refractivity contribution in [3.05, 3.63) is 35.9 Å². The Kier molecular flexibility index (Phi) is 11.0. The van der Waals surface area contributed by atoms with Crippen molar-refractivity contribution in [3.8, 4) is 0 Å². The van der Waals surface area contributed by atoms with Gasteiger partial charge in [0.15, 0.2) is 0 Å². The molecule has 1 aromatic rings. The van der Waals surface area contributed by atoms with Crippen LogP contribution in [-0.2, 0) is 20.9 Å². The molecule has 0 saturated carbocycles. The van der Waals surface area contributed by atoms with Gasteiger partial charge in [0.1, 0.15) is 18.7 Å². The van der Waals surface area contributed by atoms with Crippen LogP contribution in [0, 0.1) is 0 Å². The molecule has 2 atom stereocenters. The predicted octanol–water partition coefficient (Wildman–Crippen LogP) is 2.19. The Hall–Kier alpha value is -2.22. The van der Waals surface area contributed by atoms with E-state index in [1.165, 1.54) is 0 Å². The van der Waals surface area contributed by atoms with Crippen molar-refractivity contribution in [3.63, 3.8) is 0 Å². The largest absolute Gasteiger partial charge is 0.445 e. The molecule has 0 aliphatic heterocycles. The Labute approximate surface area is 164 Å². The van der Waals surface area contributed by atoms with Crippen molar-refractivity contribution in [2.24, 2.45) is 5.73 Å². The molecule has 0 bridgehead atoms. The van der Waals surface area contributed by atoms with Crippen LogP contribution in [0.4, 0.5) is 4.79 Å². The monoisotopic (exact) mass is 395 g/mol. The summed E-state index contributed by atoms with van der Waals surface area (Å²) < 4.78 is 5.18. The number of hydrogen-bond acceptors (Lipinski definition) is 5. The van der Waals surface area contributed by atoms with E-state index in [-0.39, 0.29) is 6.61 Å². The van der Waals surface area contributed by atoms with Crippen molar-refractivity contribution in [2.45, 2.75) is 51.3 Å². The lowest BCUT2D eigenvalue weighted by atomic mass is 10.1. The first-order valence-electron chi connectivity index (χ1n) is 9.03. The smallest absolute Gasteiger partial charge is 0.408 e. The fraction of sp³-hybridized carbons (Fsp3) is 0.526. The molecule has 0 fully saturated rings. The zero-order valence-corrected chi connectivity index (χ0v) is 16.7. The lowest BCUT2D eigenvalue weighted by Crippen LogP contribution is -2.53. The van der Waals surface area contributed by atoms with Gasteiger partial charge in [-0.25, -0.2) is 4.79 Å². The molecular formula is C19H29N3O4S. The Morgan fingerprint density at radius 3 is 2.41 bits per heavy atom. The number of carbonyl (C=O) groups is 3. The van der Waals surface area contributed by atoms with Crippen LogP contribution in [-0.4, -0.2) is 42.0 Å². The lowest BCUT2D eigenvalue weighted by Gasteiger charge is -2.21. The molecule has 1 aromatic carbocycles. The number of nitrogens with one attached hydrogen (secondary N) is 2. The molecule has 0 spiro atoms. The number of hydrogen-bond donors (Lipinski definition) is 3. The van der Waals surface area contributed by atoms with Crippen molar-refractivity contribution in [1.29, 1.82) is 0 Å². The zero-order chi connectivity index (χ0) is 20.1. The Balaban J connectivity index is 2.62. The molecule has 4 N–H and O–H groups in total. The second-order valence-electron chi connectivity index (χ2n) is 6.15. The van der Waals surface area contributed by atoms with Crippen LogP contribution in [0.3, 0.4) is 0 Å². The molecule has 0 aliphatic carbocycles. The molecular weight excluding hydrogens is 366 g/mol. The van der Waals surface area contributed by atoms with Gasteiger partial charge in [0.05, 0.1) is 0 Å². The molecule has 27 heavy (non-hydrogen) atoms. The molecule has 0 heterocycles. The van der Waals surface area contributed by atoms with Gasteiger partial charge >= 0.3 is 6.09 Å². The maximum atomic E-state index is 12.5. The third-order valence-corrected chi connectivity index (χ3v) is 4.58. The highest BCUT2D eigenvalue weighted by molar-refractivity contribution is 7.98. The summed E-state index contributed by atoms with van der Waals surface area (Å²) in [5, 5.41) is 5.23. The quantitative estimate of drug-likeness (QED) is 0.502. The molecule has 1 rings (SSSR count). The Morgan fingerprint density at radius 2 is 1.81 bits per heavy atom. The molecule has 0 aliphatic rings. The lowest BCUT2D eigenvalue weighted by molar-refractivity contribution is -0.128. The van der Waals surface area contributed by atoms with Crippen molar-refractivity contribution < 1.29 is 19.1 Å². The highest BCUT2D eigenvalue weighted by Gasteiger charge is 2.25. The number of nitrogens with two attached hydrogens (primary N) is 1. The SMILES string of the molecule is CCCC[C@@H](NC(=O)OCc1ccccc1)C(=O)N[C@@H](CCSC)C(N)=O. The number of ether oxygens (including phenoxy) is 1. The van der Waals surface area contributed by atoms with E-state index in [2.05, 4.69) is 10.6 Å². The van der Waals surface area contributed by atoms with Crippen LogP contribution in [0.1, 0.15) is 38.2 Å². The van der Waals surface area contributed by atoms with Gasteiger partial charge in [0, 0.05) is 0 Å². The maximum Gasteiger partial charge on any atom is 0.408 e. The minimum atomic E-state index is -0.774. The van der Waals surface area contributed by atoms with Crippen LogP contribution in [0.25, 0.3) is 0 Å². The molecule has 0 aromatic heterocycles. The van der Waals surface area contributed by atoms with Gasteiger partial charge in [-0.15, -0.1) is 0 Å². The van der Waals surface area contributed by atoms with E-state index in [0.29, 0.717) is 18.6 Å². The van der Waals surface area contributed by atoms with Crippen molar-refractivity contribution >= 4 is 29.7 Å².